The molecule has 0 spiro atoms. The van der Waals surface area contributed by atoms with E-state index in [1.54, 1.807) is 35.6 Å². The summed E-state index contributed by atoms with van der Waals surface area (Å²) in [5.74, 6) is -0.473. The maximum absolute atomic E-state index is 12.3. The van der Waals surface area contributed by atoms with E-state index in [-0.39, 0.29) is 17.9 Å². The Bertz CT molecular complexity index is 992. The van der Waals surface area contributed by atoms with Crippen molar-refractivity contribution < 1.29 is 14.7 Å². The van der Waals surface area contributed by atoms with Crippen LogP contribution in [0.4, 0.5) is 5.69 Å². The molecule has 0 atom stereocenters. The number of nitrogens with one attached hydrogen (secondary N) is 1. The Hall–Kier alpha value is -2.73. The van der Waals surface area contributed by atoms with Crippen molar-refractivity contribution >= 4 is 39.1 Å². The van der Waals surface area contributed by atoms with Gasteiger partial charge in [0.2, 0.25) is 5.91 Å². The van der Waals surface area contributed by atoms with E-state index >= 15 is 0 Å². The van der Waals surface area contributed by atoms with Gasteiger partial charge in [0.1, 0.15) is 0 Å². The van der Waals surface area contributed by atoms with Gasteiger partial charge in [0, 0.05) is 18.0 Å². The first-order valence-electron chi connectivity index (χ1n) is 8.61. The smallest absolute Gasteiger partial charge is 0.335 e. The predicted octanol–water partition coefficient (Wildman–Crippen LogP) is 4.44. The number of rotatable bonds is 6. The van der Waals surface area contributed by atoms with Crippen LogP contribution in [0.1, 0.15) is 46.1 Å². The molecule has 0 aliphatic heterocycles. The number of benzene rings is 2. The number of carboxylic acid groups (broad SMARTS) is 1. The summed E-state index contributed by atoms with van der Waals surface area (Å²) in [6.07, 6.45) is 3.07. The SMILES string of the molecule is O=C(CCc1ccccc1C(=O)O)Nc1ccc2nc(C3CC3)sc2c1. The fraction of sp³-hybridized carbons (Fsp3) is 0.250. The Morgan fingerprint density at radius 3 is 2.77 bits per heavy atom. The lowest BCUT2D eigenvalue weighted by atomic mass is 10.0. The van der Waals surface area contributed by atoms with Gasteiger partial charge in [0.15, 0.2) is 0 Å². The molecule has 1 fully saturated rings. The summed E-state index contributed by atoms with van der Waals surface area (Å²) in [5.41, 5.74) is 2.64. The lowest BCUT2D eigenvalue weighted by Gasteiger charge is -2.07. The molecule has 6 heteroatoms. The second-order valence-corrected chi connectivity index (χ2v) is 7.58. The fourth-order valence-electron chi connectivity index (χ4n) is 2.94. The van der Waals surface area contributed by atoms with Gasteiger partial charge in [-0.3, -0.25) is 4.79 Å². The topological polar surface area (TPSA) is 79.3 Å². The molecular weight excluding hydrogens is 348 g/mol. The normalized spacial score (nSPS) is 13.7. The third kappa shape index (κ3) is 3.60. The van der Waals surface area contributed by atoms with Gasteiger partial charge in [-0.05, 0) is 49.1 Å². The van der Waals surface area contributed by atoms with E-state index in [4.69, 9.17) is 0 Å². The molecule has 4 rings (SSSR count). The molecule has 1 aliphatic carbocycles. The van der Waals surface area contributed by atoms with Crippen LogP contribution < -0.4 is 5.32 Å². The van der Waals surface area contributed by atoms with Crippen molar-refractivity contribution in [2.75, 3.05) is 5.32 Å². The van der Waals surface area contributed by atoms with E-state index in [2.05, 4.69) is 10.3 Å². The zero-order valence-corrected chi connectivity index (χ0v) is 14.9. The molecule has 26 heavy (non-hydrogen) atoms. The quantitative estimate of drug-likeness (QED) is 0.676. The maximum Gasteiger partial charge on any atom is 0.335 e. The van der Waals surface area contributed by atoms with Crippen LogP contribution >= 0.6 is 11.3 Å². The molecule has 1 heterocycles. The molecule has 1 aromatic heterocycles. The van der Waals surface area contributed by atoms with Crippen LogP contribution in [0.2, 0.25) is 0 Å². The highest BCUT2D eigenvalue weighted by Crippen LogP contribution is 2.43. The number of carboxylic acids is 1. The Labute approximate surface area is 154 Å². The molecule has 2 N–H and O–H groups in total. The monoisotopic (exact) mass is 366 g/mol. The number of carbonyl (C=O) groups is 2. The molecule has 1 aliphatic rings. The molecule has 1 amide bonds. The molecule has 0 bridgehead atoms. The summed E-state index contributed by atoms with van der Waals surface area (Å²) < 4.78 is 1.08. The summed E-state index contributed by atoms with van der Waals surface area (Å²) in [4.78, 5) is 28.1. The first-order chi connectivity index (χ1) is 12.6. The zero-order chi connectivity index (χ0) is 18.1. The van der Waals surface area contributed by atoms with Crippen molar-refractivity contribution in [2.24, 2.45) is 0 Å². The second kappa shape index (κ2) is 6.88. The number of aryl methyl sites for hydroxylation is 1. The minimum absolute atomic E-state index is 0.128. The Morgan fingerprint density at radius 2 is 2.00 bits per heavy atom. The number of amides is 1. The van der Waals surface area contributed by atoms with Gasteiger partial charge >= 0.3 is 5.97 Å². The molecular formula is C20H18N2O3S. The first-order valence-corrected chi connectivity index (χ1v) is 9.43. The minimum atomic E-state index is -0.969. The number of aromatic carboxylic acids is 1. The van der Waals surface area contributed by atoms with Gasteiger partial charge in [0.25, 0.3) is 0 Å². The van der Waals surface area contributed by atoms with Gasteiger partial charge < -0.3 is 10.4 Å². The van der Waals surface area contributed by atoms with Crippen LogP contribution in [0, 0.1) is 0 Å². The number of aromatic nitrogens is 1. The van der Waals surface area contributed by atoms with Crippen LogP contribution in [0.3, 0.4) is 0 Å². The molecule has 1 saturated carbocycles. The Morgan fingerprint density at radius 1 is 1.19 bits per heavy atom. The number of thiazole rings is 1. The number of fused-ring (bicyclic) bond motifs is 1. The minimum Gasteiger partial charge on any atom is -0.478 e. The summed E-state index contributed by atoms with van der Waals surface area (Å²) in [5, 5.41) is 13.3. The molecule has 0 unspecified atom stereocenters. The highest BCUT2D eigenvalue weighted by Gasteiger charge is 2.27. The second-order valence-electron chi connectivity index (χ2n) is 6.52. The highest BCUT2D eigenvalue weighted by atomic mass is 32.1. The van der Waals surface area contributed by atoms with E-state index in [9.17, 15) is 14.7 Å². The molecule has 3 aromatic rings. The van der Waals surface area contributed by atoms with Gasteiger partial charge in [-0.1, -0.05) is 18.2 Å². The summed E-state index contributed by atoms with van der Waals surface area (Å²) in [7, 11) is 0. The summed E-state index contributed by atoms with van der Waals surface area (Å²) >= 11 is 1.70. The number of carbonyl (C=O) groups excluding carboxylic acids is 1. The summed E-state index contributed by atoms with van der Waals surface area (Å²) in [6, 6.07) is 12.5. The highest BCUT2D eigenvalue weighted by molar-refractivity contribution is 7.18. The third-order valence-electron chi connectivity index (χ3n) is 4.48. The standard InChI is InChI=1S/C20H18N2O3S/c23-18(10-7-12-3-1-2-4-15(12)20(24)25)21-14-8-9-16-17(11-14)26-19(22-16)13-5-6-13/h1-4,8-9,11,13H,5-7,10H2,(H,21,23)(H,24,25). The molecule has 2 aromatic carbocycles. The zero-order valence-electron chi connectivity index (χ0n) is 14.1. The molecule has 132 valence electrons. The van der Waals surface area contributed by atoms with Crippen molar-refractivity contribution in [3.63, 3.8) is 0 Å². The van der Waals surface area contributed by atoms with E-state index < -0.39 is 5.97 Å². The maximum atomic E-state index is 12.3. The van der Waals surface area contributed by atoms with Gasteiger partial charge in [-0.25, -0.2) is 9.78 Å². The van der Waals surface area contributed by atoms with Crippen LogP contribution in [-0.4, -0.2) is 22.0 Å². The van der Waals surface area contributed by atoms with E-state index in [0.717, 1.165) is 15.9 Å². The molecule has 5 nitrogen and oxygen atoms in total. The fourth-order valence-corrected chi connectivity index (χ4v) is 4.12. The largest absolute Gasteiger partial charge is 0.478 e. The summed E-state index contributed by atoms with van der Waals surface area (Å²) in [6.45, 7) is 0. The first kappa shape index (κ1) is 16.7. The van der Waals surface area contributed by atoms with Crippen LogP contribution in [0.15, 0.2) is 42.5 Å². The number of hydrogen-bond acceptors (Lipinski definition) is 4. The van der Waals surface area contributed by atoms with Crippen molar-refractivity contribution in [3.8, 4) is 0 Å². The van der Waals surface area contributed by atoms with E-state index in [1.807, 2.05) is 18.2 Å². The van der Waals surface area contributed by atoms with Crippen LogP contribution in [0.25, 0.3) is 10.2 Å². The number of hydrogen-bond donors (Lipinski definition) is 2. The van der Waals surface area contributed by atoms with Crippen LogP contribution in [-0.2, 0) is 11.2 Å². The van der Waals surface area contributed by atoms with Gasteiger partial charge in [0.05, 0.1) is 20.8 Å². The average molecular weight is 366 g/mol. The van der Waals surface area contributed by atoms with Crippen LogP contribution in [0.5, 0.6) is 0 Å². The average Bonchev–Trinajstić information content (AvgIpc) is 3.39. The van der Waals surface area contributed by atoms with Crippen molar-refractivity contribution in [1.82, 2.24) is 4.98 Å². The Balaban J connectivity index is 1.41. The molecule has 0 radical (unpaired) electrons. The number of anilines is 1. The number of nitrogens with zero attached hydrogens (tertiary/aromatic N) is 1. The van der Waals surface area contributed by atoms with Crippen molar-refractivity contribution in [3.05, 3.63) is 58.6 Å². The predicted molar refractivity (Wildman–Crippen MR) is 102 cm³/mol. The third-order valence-corrected chi connectivity index (χ3v) is 5.67. The van der Waals surface area contributed by atoms with E-state index in [0.29, 0.717) is 17.9 Å². The van der Waals surface area contributed by atoms with Crippen molar-refractivity contribution in [2.45, 2.75) is 31.6 Å². The van der Waals surface area contributed by atoms with Gasteiger partial charge in [-0.2, -0.15) is 0 Å². The van der Waals surface area contributed by atoms with E-state index in [1.165, 1.54) is 17.8 Å². The van der Waals surface area contributed by atoms with Gasteiger partial charge in [-0.15, -0.1) is 11.3 Å². The lowest BCUT2D eigenvalue weighted by Crippen LogP contribution is -2.13. The molecule has 0 saturated heterocycles. The Kier molecular flexibility index (Phi) is 4.42. The lowest BCUT2D eigenvalue weighted by molar-refractivity contribution is -0.116. The van der Waals surface area contributed by atoms with Crippen molar-refractivity contribution in [1.29, 1.82) is 0 Å².